The summed E-state index contributed by atoms with van der Waals surface area (Å²) in [5.74, 6) is 0. The van der Waals surface area contributed by atoms with Crippen LogP contribution in [0.4, 0.5) is 0 Å². The number of aromatic nitrogens is 2. The topological polar surface area (TPSA) is 34.9 Å². The van der Waals surface area contributed by atoms with Crippen LogP contribution in [0.15, 0.2) is 29.3 Å². The van der Waals surface area contributed by atoms with E-state index in [1.165, 1.54) is 10.9 Å². The van der Waals surface area contributed by atoms with Gasteiger partial charge in [0.25, 0.3) is 5.56 Å². The fraction of sp³-hybridized carbons (Fsp3) is 0.273. The third kappa shape index (κ3) is 2.20. The molecule has 5 heteroatoms. The molecular formula is C11H10Cl2N2O. The van der Waals surface area contributed by atoms with Crippen molar-refractivity contribution >= 4 is 34.1 Å². The summed E-state index contributed by atoms with van der Waals surface area (Å²) in [5, 5.41) is 0.937. The molecule has 0 aliphatic carbocycles. The lowest BCUT2D eigenvalue weighted by Gasteiger charge is -2.07. The standard InChI is InChI=1S/C11H10Cl2N2O/c1-7(12)5-15-6-14-10-3-2-8(13)4-9(10)11(15)16/h2-4,6-7H,5H2,1H3. The quantitative estimate of drug-likeness (QED) is 0.775. The van der Waals surface area contributed by atoms with E-state index in [0.717, 1.165) is 0 Å². The van der Waals surface area contributed by atoms with Crippen molar-refractivity contribution in [1.29, 1.82) is 0 Å². The molecule has 0 N–H and O–H groups in total. The molecule has 1 aromatic carbocycles. The third-order valence-corrected chi connectivity index (χ3v) is 2.61. The first kappa shape index (κ1) is 11.4. The number of hydrogen-bond acceptors (Lipinski definition) is 2. The molecule has 0 spiro atoms. The van der Waals surface area contributed by atoms with Gasteiger partial charge in [-0.3, -0.25) is 9.36 Å². The average molecular weight is 257 g/mol. The van der Waals surface area contributed by atoms with E-state index < -0.39 is 0 Å². The lowest BCUT2D eigenvalue weighted by molar-refractivity contribution is 0.654. The van der Waals surface area contributed by atoms with Crippen LogP contribution in [0.25, 0.3) is 10.9 Å². The zero-order chi connectivity index (χ0) is 11.7. The van der Waals surface area contributed by atoms with Gasteiger partial charge in [0.15, 0.2) is 0 Å². The van der Waals surface area contributed by atoms with Crippen LogP contribution in [0, 0.1) is 0 Å². The monoisotopic (exact) mass is 256 g/mol. The zero-order valence-corrected chi connectivity index (χ0v) is 10.2. The predicted molar refractivity (Wildman–Crippen MR) is 66.3 cm³/mol. The van der Waals surface area contributed by atoms with E-state index in [0.29, 0.717) is 22.5 Å². The van der Waals surface area contributed by atoms with Crippen LogP contribution in [0.1, 0.15) is 6.92 Å². The van der Waals surface area contributed by atoms with Crippen molar-refractivity contribution in [2.24, 2.45) is 0 Å². The van der Waals surface area contributed by atoms with Crippen LogP contribution >= 0.6 is 23.2 Å². The second-order valence-corrected chi connectivity index (χ2v) is 4.83. The summed E-state index contributed by atoms with van der Waals surface area (Å²) in [5.41, 5.74) is 0.535. The van der Waals surface area contributed by atoms with E-state index in [2.05, 4.69) is 4.98 Å². The molecule has 0 aliphatic rings. The molecule has 0 fully saturated rings. The molecule has 1 atom stereocenters. The first-order valence-corrected chi connectivity index (χ1v) is 5.68. The van der Waals surface area contributed by atoms with Gasteiger partial charge < -0.3 is 0 Å². The van der Waals surface area contributed by atoms with Crippen molar-refractivity contribution in [2.45, 2.75) is 18.8 Å². The van der Waals surface area contributed by atoms with E-state index >= 15 is 0 Å². The van der Waals surface area contributed by atoms with Gasteiger partial charge in [-0.05, 0) is 25.1 Å². The summed E-state index contributed by atoms with van der Waals surface area (Å²) >= 11 is 11.7. The minimum absolute atomic E-state index is 0.111. The molecular weight excluding hydrogens is 247 g/mol. The van der Waals surface area contributed by atoms with Crippen LogP contribution in [0.3, 0.4) is 0 Å². The molecule has 1 unspecified atom stereocenters. The summed E-state index contributed by atoms with van der Waals surface area (Å²) in [6, 6.07) is 5.07. The Balaban J connectivity index is 2.64. The molecule has 16 heavy (non-hydrogen) atoms. The number of rotatable bonds is 2. The van der Waals surface area contributed by atoms with E-state index in [4.69, 9.17) is 23.2 Å². The second kappa shape index (κ2) is 4.44. The molecule has 0 amide bonds. The maximum Gasteiger partial charge on any atom is 0.261 e. The molecule has 0 radical (unpaired) electrons. The molecule has 84 valence electrons. The highest BCUT2D eigenvalue weighted by Crippen LogP contribution is 2.14. The lowest BCUT2D eigenvalue weighted by Crippen LogP contribution is -2.23. The summed E-state index contributed by atoms with van der Waals surface area (Å²) < 4.78 is 1.50. The van der Waals surface area contributed by atoms with Gasteiger partial charge in [-0.25, -0.2) is 4.98 Å². The van der Waals surface area contributed by atoms with E-state index in [1.54, 1.807) is 18.2 Å². The maximum atomic E-state index is 12.0. The number of fused-ring (bicyclic) bond motifs is 1. The van der Waals surface area contributed by atoms with Crippen LogP contribution in [0.5, 0.6) is 0 Å². The normalized spacial score (nSPS) is 12.9. The van der Waals surface area contributed by atoms with Gasteiger partial charge in [-0.15, -0.1) is 11.6 Å². The largest absolute Gasteiger partial charge is 0.297 e. The van der Waals surface area contributed by atoms with Gasteiger partial charge in [-0.2, -0.15) is 0 Å². The molecule has 0 saturated heterocycles. The second-order valence-electron chi connectivity index (χ2n) is 3.64. The average Bonchev–Trinajstić information content (AvgIpc) is 2.22. The van der Waals surface area contributed by atoms with Crippen molar-refractivity contribution in [1.82, 2.24) is 9.55 Å². The molecule has 2 rings (SSSR count). The molecule has 0 saturated carbocycles. The SMILES string of the molecule is CC(Cl)Cn1cnc2ccc(Cl)cc2c1=O. The van der Waals surface area contributed by atoms with Crippen molar-refractivity contribution in [3.63, 3.8) is 0 Å². The molecule has 0 aliphatic heterocycles. The lowest BCUT2D eigenvalue weighted by atomic mass is 10.2. The Labute approximate surface area is 103 Å². The van der Waals surface area contributed by atoms with E-state index in [-0.39, 0.29) is 10.9 Å². The summed E-state index contributed by atoms with van der Waals surface area (Å²) in [6.07, 6.45) is 1.51. The highest BCUT2D eigenvalue weighted by Gasteiger charge is 2.06. The number of alkyl halides is 1. The number of hydrogen-bond donors (Lipinski definition) is 0. The zero-order valence-electron chi connectivity index (χ0n) is 8.65. The first-order valence-electron chi connectivity index (χ1n) is 4.86. The Morgan fingerprint density at radius 3 is 2.94 bits per heavy atom. The highest BCUT2D eigenvalue weighted by atomic mass is 35.5. The van der Waals surface area contributed by atoms with Gasteiger partial charge in [0, 0.05) is 16.9 Å². The van der Waals surface area contributed by atoms with Crippen molar-refractivity contribution in [3.05, 3.63) is 39.9 Å². The fourth-order valence-electron chi connectivity index (χ4n) is 1.53. The Bertz CT molecular complexity index is 578. The Kier molecular flexibility index (Phi) is 3.17. The minimum Gasteiger partial charge on any atom is -0.297 e. The number of halogens is 2. The molecule has 1 aromatic heterocycles. The van der Waals surface area contributed by atoms with Crippen LogP contribution in [-0.4, -0.2) is 14.9 Å². The molecule has 2 aromatic rings. The summed E-state index contributed by atoms with van der Waals surface area (Å²) in [6.45, 7) is 2.27. The maximum absolute atomic E-state index is 12.0. The third-order valence-electron chi connectivity index (χ3n) is 2.23. The van der Waals surface area contributed by atoms with Gasteiger partial charge in [0.05, 0.1) is 17.2 Å². The van der Waals surface area contributed by atoms with Gasteiger partial charge >= 0.3 is 0 Å². The van der Waals surface area contributed by atoms with Gasteiger partial charge in [0.1, 0.15) is 0 Å². The first-order chi connectivity index (χ1) is 7.58. The molecule has 0 bridgehead atoms. The number of benzene rings is 1. The van der Waals surface area contributed by atoms with Crippen molar-refractivity contribution < 1.29 is 0 Å². The Hall–Kier alpha value is -1.06. The Morgan fingerprint density at radius 1 is 1.50 bits per heavy atom. The number of nitrogens with zero attached hydrogens (tertiary/aromatic N) is 2. The minimum atomic E-state index is -0.115. The molecule has 3 nitrogen and oxygen atoms in total. The van der Waals surface area contributed by atoms with Crippen LogP contribution in [0.2, 0.25) is 5.02 Å². The van der Waals surface area contributed by atoms with E-state index in [9.17, 15) is 4.79 Å². The Morgan fingerprint density at radius 2 is 2.25 bits per heavy atom. The predicted octanol–water partition coefficient (Wildman–Crippen LogP) is 2.68. The summed E-state index contributed by atoms with van der Waals surface area (Å²) in [4.78, 5) is 16.2. The van der Waals surface area contributed by atoms with E-state index in [1.807, 2.05) is 6.92 Å². The van der Waals surface area contributed by atoms with Gasteiger partial charge in [-0.1, -0.05) is 11.6 Å². The van der Waals surface area contributed by atoms with Crippen molar-refractivity contribution in [3.8, 4) is 0 Å². The smallest absolute Gasteiger partial charge is 0.261 e. The van der Waals surface area contributed by atoms with Crippen LogP contribution in [-0.2, 0) is 6.54 Å². The summed E-state index contributed by atoms with van der Waals surface area (Å²) in [7, 11) is 0. The van der Waals surface area contributed by atoms with Crippen LogP contribution < -0.4 is 5.56 Å². The highest BCUT2D eigenvalue weighted by molar-refractivity contribution is 6.31. The van der Waals surface area contributed by atoms with Crippen molar-refractivity contribution in [2.75, 3.05) is 0 Å². The fourth-order valence-corrected chi connectivity index (χ4v) is 1.85. The molecule has 1 heterocycles. The van der Waals surface area contributed by atoms with Gasteiger partial charge in [0.2, 0.25) is 0 Å².